The van der Waals surface area contributed by atoms with E-state index in [4.69, 9.17) is 11.6 Å². The Morgan fingerprint density at radius 1 is 0.893 bits per heavy atom. The Labute approximate surface area is 174 Å². The zero-order valence-corrected chi connectivity index (χ0v) is 17.3. The Bertz CT molecular complexity index is 1100. The van der Waals surface area contributed by atoms with Gasteiger partial charge in [-0.05, 0) is 55.3 Å². The maximum absolute atomic E-state index is 6.07. The molecule has 0 aliphatic heterocycles. The first-order valence-corrected chi connectivity index (χ1v) is 10.4. The molecule has 0 saturated carbocycles. The van der Waals surface area contributed by atoms with Gasteiger partial charge in [0.2, 0.25) is 0 Å². The van der Waals surface area contributed by atoms with Gasteiger partial charge in [-0.15, -0.1) is 10.2 Å². The van der Waals surface area contributed by atoms with Gasteiger partial charge in [0.15, 0.2) is 11.0 Å². The Hall–Kier alpha value is -2.56. The van der Waals surface area contributed by atoms with Crippen molar-refractivity contribution in [1.82, 2.24) is 14.8 Å². The van der Waals surface area contributed by atoms with Gasteiger partial charge < -0.3 is 0 Å². The minimum atomic E-state index is 0.708. The predicted octanol–water partition coefficient (Wildman–Crippen LogP) is 6.50. The molecule has 0 radical (unpaired) electrons. The molecule has 0 amide bonds. The van der Waals surface area contributed by atoms with Crippen LogP contribution in [0.15, 0.2) is 78.0 Å². The fourth-order valence-electron chi connectivity index (χ4n) is 3.13. The Balaban J connectivity index is 1.76. The number of rotatable bonds is 5. The topological polar surface area (TPSA) is 30.7 Å². The summed E-state index contributed by atoms with van der Waals surface area (Å²) in [5.41, 5.74) is 5.79. The standard InChI is InChI=1S/C23H20ClN3S/c1-16-6-5-8-18(14-16)15-28-23-26-25-22(19-10-12-20(24)13-11-19)27(23)21-9-4-3-7-17(21)2/h3-14H,15H2,1-2H3. The average Bonchev–Trinajstić information content (AvgIpc) is 3.11. The highest BCUT2D eigenvalue weighted by atomic mass is 35.5. The lowest BCUT2D eigenvalue weighted by Crippen LogP contribution is -2.02. The van der Waals surface area contributed by atoms with Gasteiger partial charge in [0.25, 0.3) is 0 Å². The average molecular weight is 406 g/mol. The van der Waals surface area contributed by atoms with Crippen LogP contribution in [0.1, 0.15) is 16.7 Å². The molecule has 0 atom stereocenters. The summed E-state index contributed by atoms with van der Waals surface area (Å²) in [6.45, 7) is 4.22. The van der Waals surface area contributed by atoms with Gasteiger partial charge in [-0.2, -0.15) is 0 Å². The van der Waals surface area contributed by atoms with Crippen LogP contribution in [0.4, 0.5) is 0 Å². The number of benzene rings is 3. The second-order valence-corrected chi connectivity index (χ2v) is 8.09. The minimum absolute atomic E-state index is 0.708. The van der Waals surface area contributed by atoms with Gasteiger partial charge in [0.05, 0.1) is 5.69 Å². The summed E-state index contributed by atoms with van der Waals surface area (Å²) in [6, 6.07) is 24.6. The van der Waals surface area contributed by atoms with Crippen molar-refractivity contribution in [2.75, 3.05) is 0 Å². The molecule has 4 rings (SSSR count). The molecule has 0 unspecified atom stereocenters. The Morgan fingerprint density at radius 2 is 1.68 bits per heavy atom. The molecule has 4 aromatic rings. The van der Waals surface area contributed by atoms with Crippen LogP contribution in [0.25, 0.3) is 17.1 Å². The van der Waals surface area contributed by atoms with E-state index < -0.39 is 0 Å². The number of hydrogen-bond acceptors (Lipinski definition) is 3. The molecule has 0 bridgehead atoms. The first-order valence-electron chi connectivity index (χ1n) is 9.07. The Morgan fingerprint density at radius 3 is 2.43 bits per heavy atom. The molecule has 0 saturated heterocycles. The van der Waals surface area contributed by atoms with Crippen molar-refractivity contribution in [3.05, 3.63) is 94.5 Å². The third kappa shape index (κ3) is 3.98. The van der Waals surface area contributed by atoms with Crippen molar-refractivity contribution in [1.29, 1.82) is 0 Å². The summed E-state index contributed by atoms with van der Waals surface area (Å²) in [6.07, 6.45) is 0. The van der Waals surface area contributed by atoms with Crippen molar-refractivity contribution in [3.63, 3.8) is 0 Å². The van der Waals surface area contributed by atoms with E-state index >= 15 is 0 Å². The van der Waals surface area contributed by atoms with E-state index in [0.29, 0.717) is 5.02 Å². The zero-order chi connectivity index (χ0) is 19.5. The number of para-hydroxylation sites is 1. The molecule has 0 fully saturated rings. The van der Waals surface area contributed by atoms with Gasteiger partial charge in [0.1, 0.15) is 0 Å². The van der Waals surface area contributed by atoms with E-state index in [1.165, 1.54) is 16.7 Å². The largest absolute Gasteiger partial charge is 0.270 e. The number of aromatic nitrogens is 3. The van der Waals surface area contributed by atoms with Gasteiger partial charge in [-0.25, -0.2) is 0 Å². The first kappa shape index (κ1) is 18.8. The first-order chi connectivity index (χ1) is 13.6. The molecule has 0 aliphatic carbocycles. The molecule has 28 heavy (non-hydrogen) atoms. The minimum Gasteiger partial charge on any atom is -0.270 e. The Kier molecular flexibility index (Phi) is 5.51. The molecule has 140 valence electrons. The van der Waals surface area contributed by atoms with Gasteiger partial charge in [-0.1, -0.05) is 71.4 Å². The van der Waals surface area contributed by atoms with Gasteiger partial charge >= 0.3 is 0 Å². The van der Waals surface area contributed by atoms with Crippen LogP contribution in [0, 0.1) is 13.8 Å². The number of nitrogens with zero attached hydrogens (tertiary/aromatic N) is 3. The molecule has 3 aromatic carbocycles. The monoisotopic (exact) mass is 405 g/mol. The van der Waals surface area contributed by atoms with Crippen molar-refractivity contribution >= 4 is 23.4 Å². The van der Waals surface area contributed by atoms with E-state index in [0.717, 1.165) is 28.0 Å². The molecule has 0 N–H and O–H groups in total. The maximum Gasteiger partial charge on any atom is 0.196 e. The maximum atomic E-state index is 6.07. The van der Waals surface area contributed by atoms with Crippen LogP contribution in [-0.2, 0) is 5.75 Å². The second-order valence-electron chi connectivity index (χ2n) is 6.71. The highest BCUT2D eigenvalue weighted by Gasteiger charge is 2.17. The van der Waals surface area contributed by atoms with Crippen molar-refractivity contribution in [2.24, 2.45) is 0 Å². The molecule has 5 heteroatoms. The van der Waals surface area contributed by atoms with E-state index in [1.54, 1.807) is 11.8 Å². The lowest BCUT2D eigenvalue weighted by atomic mass is 10.1. The number of aryl methyl sites for hydroxylation is 2. The van der Waals surface area contributed by atoms with Crippen LogP contribution < -0.4 is 0 Å². The smallest absolute Gasteiger partial charge is 0.196 e. The van der Waals surface area contributed by atoms with Crippen LogP contribution in [0.5, 0.6) is 0 Å². The van der Waals surface area contributed by atoms with E-state index in [1.807, 2.05) is 36.4 Å². The summed E-state index contributed by atoms with van der Waals surface area (Å²) in [5.74, 6) is 1.66. The SMILES string of the molecule is Cc1cccc(CSc2nnc(-c3ccc(Cl)cc3)n2-c2ccccc2C)c1. The molecule has 1 heterocycles. The van der Waals surface area contributed by atoms with Crippen molar-refractivity contribution in [3.8, 4) is 17.1 Å². The molecule has 0 spiro atoms. The van der Waals surface area contributed by atoms with Crippen LogP contribution in [0.2, 0.25) is 5.02 Å². The third-order valence-electron chi connectivity index (χ3n) is 4.54. The van der Waals surface area contributed by atoms with Gasteiger partial charge in [-0.3, -0.25) is 4.57 Å². The lowest BCUT2D eigenvalue weighted by Gasteiger charge is -2.13. The number of thioether (sulfide) groups is 1. The summed E-state index contributed by atoms with van der Waals surface area (Å²) in [5, 5.41) is 10.6. The van der Waals surface area contributed by atoms with Gasteiger partial charge in [0, 0.05) is 16.3 Å². The summed E-state index contributed by atoms with van der Waals surface area (Å²) in [7, 11) is 0. The summed E-state index contributed by atoms with van der Waals surface area (Å²) >= 11 is 7.76. The molecule has 1 aromatic heterocycles. The number of halogens is 1. The normalized spacial score (nSPS) is 11.0. The van der Waals surface area contributed by atoms with E-state index in [2.05, 4.69) is 65.0 Å². The highest BCUT2D eigenvalue weighted by molar-refractivity contribution is 7.98. The van der Waals surface area contributed by atoms with E-state index in [-0.39, 0.29) is 0 Å². The van der Waals surface area contributed by atoms with Crippen LogP contribution in [-0.4, -0.2) is 14.8 Å². The third-order valence-corrected chi connectivity index (χ3v) is 5.79. The highest BCUT2D eigenvalue weighted by Crippen LogP contribution is 2.31. The molecular weight excluding hydrogens is 386 g/mol. The predicted molar refractivity (Wildman–Crippen MR) is 117 cm³/mol. The summed E-state index contributed by atoms with van der Waals surface area (Å²) in [4.78, 5) is 0. The second kappa shape index (κ2) is 8.21. The fraction of sp³-hybridized carbons (Fsp3) is 0.130. The number of hydrogen-bond donors (Lipinski definition) is 0. The van der Waals surface area contributed by atoms with Crippen molar-refractivity contribution in [2.45, 2.75) is 24.8 Å². The van der Waals surface area contributed by atoms with Crippen LogP contribution >= 0.6 is 23.4 Å². The zero-order valence-electron chi connectivity index (χ0n) is 15.8. The quantitative estimate of drug-likeness (QED) is 0.355. The van der Waals surface area contributed by atoms with E-state index in [9.17, 15) is 0 Å². The lowest BCUT2D eigenvalue weighted by molar-refractivity contribution is 0.880. The molecule has 3 nitrogen and oxygen atoms in total. The molecule has 0 aliphatic rings. The molecular formula is C23H20ClN3S. The fourth-order valence-corrected chi connectivity index (χ4v) is 4.14. The van der Waals surface area contributed by atoms with Crippen LogP contribution in [0.3, 0.4) is 0 Å². The summed E-state index contributed by atoms with van der Waals surface area (Å²) < 4.78 is 2.14. The van der Waals surface area contributed by atoms with Crippen molar-refractivity contribution < 1.29 is 0 Å².